The highest BCUT2D eigenvalue weighted by Crippen LogP contribution is 2.14. The first-order valence-electron chi connectivity index (χ1n) is 8.15. The van der Waals surface area contributed by atoms with Crippen LogP contribution in [0.5, 0.6) is 5.75 Å². The number of carbonyl (C=O) groups excluding carboxylic acids is 1. The summed E-state index contributed by atoms with van der Waals surface area (Å²) in [6.07, 6.45) is 5.21. The van der Waals surface area contributed by atoms with Gasteiger partial charge in [0, 0.05) is 33.4 Å². The van der Waals surface area contributed by atoms with Gasteiger partial charge in [-0.2, -0.15) is 0 Å². The minimum Gasteiger partial charge on any atom is -0.427 e. The summed E-state index contributed by atoms with van der Waals surface area (Å²) in [5.41, 5.74) is 1.25. The number of carbonyl (C=O) groups is 1. The van der Waals surface area contributed by atoms with E-state index in [0.29, 0.717) is 5.75 Å². The second-order valence-electron chi connectivity index (χ2n) is 5.27. The van der Waals surface area contributed by atoms with Gasteiger partial charge in [-0.15, -0.1) is 0 Å². The molecule has 0 fully saturated rings. The van der Waals surface area contributed by atoms with Crippen LogP contribution in [0.2, 0.25) is 0 Å². The fourth-order valence-corrected chi connectivity index (χ4v) is 2.03. The Morgan fingerprint density at radius 2 is 1.55 bits per heavy atom. The minimum atomic E-state index is -0.287. The van der Waals surface area contributed by atoms with E-state index in [1.807, 2.05) is 24.3 Å². The van der Waals surface area contributed by atoms with Gasteiger partial charge in [-0.05, 0) is 49.8 Å². The summed E-state index contributed by atoms with van der Waals surface area (Å²) in [7, 11) is 0. The Labute approximate surface area is 133 Å². The average molecular weight is 308 g/mol. The quantitative estimate of drug-likeness (QED) is 0.335. The molecule has 0 unspecified atom stereocenters. The molecule has 0 N–H and O–H groups in total. The molecule has 0 bridgehead atoms. The molecule has 1 rings (SSSR count). The number of hydrogen-bond acceptors (Lipinski definition) is 4. The van der Waals surface area contributed by atoms with Crippen LogP contribution >= 0.6 is 0 Å². The summed E-state index contributed by atoms with van der Waals surface area (Å²) >= 11 is 0. The van der Waals surface area contributed by atoms with Crippen molar-refractivity contribution >= 4 is 5.97 Å². The molecule has 0 amide bonds. The van der Waals surface area contributed by atoms with Crippen molar-refractivity contribution in [2.75, 3.05) is 26.4 Å². The fraction of sp³-hybridized carbons (Fsp3) is 0.611. The van der Waals surface area contributed by atoms with Crippen LogP contribution in [0, 0.1) is 0 Å². The Morgan fingerprint density at radius 1 is 0.909 bits per heavy atom. The van der Waals surface area contributed by atoms with Crippen molar-refractivity contribution in [3.8, 4) is 5.75 Å². The number of rotatable bonds is 12. The standard InChI is InChI=1S/C18H28O4/c1-3-12-20-14-6-15-21-13-5-4-7-17-8-10-18(11-9-17)22-16(2)19/h8-11H,3-7,12-15H2,1-2H3. The number of ether oxygens (including phenoxy) is 3. The zero-order valence-electron chi connectivity index (χ0n) is 13.8. The SMILES string of the molecule is CCCOCCCOCCCCc1ccc(OC(C)=O)cc1. The third kappa shape index (κ3) is 9.53. The molecule has 4 nitrogen and oxygen atoms in total. The summed E-state index contributed by atoms with van der Waals surface area (Å²) in [5.74, 6) is 0.315. The van der Waals surface area contributed by atoms with Crippen molar-refractivity contribution in [2.45, 2.75) is 46.0 Å². The maximum Gasteiger partial charge on any atom is 0.308 e. The first-order chi connectivity index (χ1) is 10.7. The van der Waals surface area contributed by atoms with Crippen molar-refractivity contribution in [3.05, 3.63) is 29.8 Å². The molecule has 0 aliphatic carbocycles. The molecule has 1 aromatic rings. The van der Waals surface area contributed by atoms with Gasteiger partial charge in [-0.25, -0.2) is 0 Å². The Morgan fingerprint density at radius 3 is 2.18 bits per heavy atom. The molecule has 4 heteroatoms. The number of unbranched alkanes of at least 4 members (excludes halogenated alkanes) is 1. The first-order valence-corrected chi connectivity index (χ1v) is 8.15. The fourth-order valence-electron chi connectivity index (χ4n) is 2.03. The molecule has 0 saturated heterocycles. The highest BCUT2D eigenvalue weighted by Gasteiger charge is 1.99. The molecule has 0 atom stereocenters. The summed E-state index contributed by atoms with van der Waals surface area (Å²) in [4.78, 5) is 10.8. The van der Waals surface area contributed by atoms with Gasteiger partial charge in [0.25, 0.3) is 0 Å². The molecule has 0 saturated carbocycles. The third-order valence-electron chi connectivity index (χ3n) is 3.11. The monoisotopic (exact) mass is 308 g/mol. The van der Waals surface area contributed by atoms with E-state index in [-0.39, 0.29) is 5.97 Å². The van der Waals surface area contributed by atoms with Gasteiger partial charge in [0.1, 0.15) is 5.75 Å². The van der Waals surface area contributed by atoms with Crippen LogP contribution < -0.4 is 4.74 Å². The summed E-state index contributed by atoms with van der Waals surface area (Å²) in [6.45, 7) is 6.74. The smallest absolute Gasteiger partial charge is 0.308 e. The van der Waals surface area contributed by atoms with E-state index in [1.165, 1.54) is 12.5 Å². The summed E-state index contributed by atoms with van der Waals surface area (Å²) < 4.78 is 16.0. The maximum atomic E-state index is 10.8. The maximum absolute atomic E-state index is 10.8. The molecule has 0 aromatic heterocycles. The molecular weight excluding hydrogens is 280 g/mol. The van der Waals surface area contributed by atoms with Crippen LogP contribution in [-0.2, 0) is 20.7 Å². The van der Waals surface area contributed by atoms with Crippen LogP contribution in [0.3, 0.4) is 0 Å². The Bertz CT molecular complexity index is 400. The molecule has 0 aliphatic heterocycles. The zero-order chi connectivity index (χ0) is 16.0. The average Bonchev–Trinajstić information content (AvgIpc) is 2.50. The Hall–Kier alpha value is -1.39. The predicted molar refractivity (Wildman–Crippen MR) is 87.2 cm³/mol. The minimum absolute atomic E-state index is 0.287. The lowest BCUT2D eigenvalue weighted by Crippen LogP contribution is -2.03. The Balaban J connectivity index is 1.99. The van der Waals surface area contributed by atoms with Gasteiger partial charge in [-0.3, -0.25) is 4.79 Å². The van der Waals surface area contributed by atoms with Gasteiger partial charge in [-0.1, -0.05) is 19.1 Å². The van der Waals surface area contributed by atoms with Gasteiger partial charge in [0.05, 0.1) is 0 Å². The molecule has 0 aliphatic rings. The largest absolute Gasteiger partial charge is 0.427 e. The van der Waals surface area contributed by atoms with Crippen molar-refractivity contribution in [1.82, 2.24) is 0 Å². The van der Waals surface area contributed by atoms with Gasteiger partial charge in [0.2, 0.25) is 0 Å². The number of hydrogen-bond donors (Lipinski definition) is 0. The second kappa shape index (κ2) is 12.2. The van der Waals surface area contributed by atoms with E-state index in [4.69, 9.17) is 14.2 Å². The second-order valence-corrected chi connectivity index (χ2v) is 5.27. The highest BCUT2D eigenvalue weighted by molar-refractivity contribution is 5.69. The molecule has 22 heavy (non-hydrogen) atoms. The normalized spacial score (nSPS) is 10.6. The Kier molecular flexibility index (Phi) is 10.3. The number of aryl methyl sites for hydroxylation is 1. The summed E-state index contributed by atoms with van der Waals surface area (Å²) in [5, 5.41) is 0. The van der Waals surface area contributed by atoms with Gasteiger partial charge in [0.15, 0.2) is 0 Å². The topological polar surface area (TPSA) is 44.8 Å². The molecule has 0 radical (unpaired) electrons. The molecular formula is C18H28O4. The zero-order valence-corrected chi connectivity index (χ0v) is 13.8. The number of benzene rings is 1. The van der Waals surface area contributed by atoms with Crippen LogP contribution in [0.1, 0.15) is 45.1 Å². The van der Waals surface area contributed by atoms with Gasteiger partial charge < -0.3 is 14.2 Å². The highest BCUT2D eigenvalue weighted by atomic mass is 16.5. The van der Waals surface area contributed by atoms with Crippen LogP contribution in [0.4, 0.5) is 0 Å². The van der Waals surface area contributed by atoms with Crippen molar-refractivity contribution in [1.29, 1.82) is 0 Å². The van der Waals surface area contributed by atoms with Crippen molar-refractivity contribution < 1.29 is 19.0 Å². The lowest BCUT2D eigenvalue weighted by atomic mass is 10.1. The van der Waals surface area contributed by atoms with Crippen LogP contribution in [0.15, 0.2) is 24.3 Å². The molecule has 124 valence electrons. The van der Waals surface area contributed by atoms with E-state index in [1.54, 1.807) is 0 Å². The molecule has 1 aromatic carbocycles. The van der Waals surface area contributed by atoms with E-state index in [9.17, 15) is 4.79 Å². The lowest BCUT2D eigenvalue weighted by molar-refractivity contribution is -0.131. The van der Waals surface area contributed by atoms with Crippen LogP contribution in [-0.4, -0.2) is 32.4 Å². The number of esters is 1. The van der Waals surface area contributed by atoms with E-state index < -0.39 is 0 Å². The van der Waals surface area contributed by atoms with Gasteiger partial charge >= 0.3 is 5.97 Å². The van der Waals surface area contributed by atoms with Crippen LogP contribution in [0.25, 0.3) is 0 Å². The van der Waals surface area contributed by atoms with Crippen molar-refractivity contribution in [2.24, 2.45) is 0 Å². The summed E-state index contributed by atoms with van der Waals surface area (Å²) in [6, 6.07) is 7.68. The van der Waals surface area contributed by atoms with E-state index in [0.717, 1.165) is 58.5 Å². The third-order valence-corrected chi connectivity index (χ3v) is 3.11. The van der Waals surface area contributed by atoms with E-state index >= 15 is 0 Å². The molecule has 0 heterocycles. The lowest BCUT2D eigenvalue weighted by Gasteiger charge is -2.06. The van der Waals surface area contributed by atoms with E-state index in [2.05, 4.69) is 6.92 Å². The van der Waals surface area contributed by atoms with Crippen molar-refractivity contribution in [3.63, 3.8) is 0 Å². The predicted octanol–water partition coefficient (Wildman–Crippen LogP) is 3.77. The molecule has 0 spiro atoms. The first kappa shape index (κ1) is 18.7.